The summed E-state index contributed by atoms with van der Waals surface area (Å²) in [5.74, 6) is 0.710. The standard InChI is InChI=1S/C30H30N4O2S/c31-29(32)22-8-7-21-6-5-20(17-23(21)18-22)19-34(30(35)27-3-1-2-4-28(27)37)24-9-11-25(12-10-24)36-26-13-15-33-16-14-26/h1-3,5-12,17-18,26,33H,4,13-16,19H2,(H3,31,32). The molecular formula is C30H30N4O2S. The Bertz CT molecular complexity index is 1400. The van der Waals surface area contributed by atoms with Gasteiger partial charge in [-0.2, -0.15) is 0 Å². The van der Waals surface area contributed by atoms with E-state index in [1.807, 2.05) is 72.8 Å². The van der Waals surface area contributed by atoms with Crippen molar-refractivity contribution in [2.75, 3.05) is 18.0 Å². The number of anilines is 1. The van der Waals surface area contributed by atoms with Crippen LogP contribution in [-0.2, 0) is 11.3 Å². The number of nitrogens with two attached hydrogens (primary N) is 1. The van der Waals surface area contributed by atoms with E-state index < -0.39 is 0 Å². The topological polar surface area (TPSA) is 91.4 Å². The molecule has 0 saturated carbocycles. The molecule has 3 aromatic rings. The van der Waals surface area contributed by atoms with Gasteiger partial charge in [-0.05, 0) is 84.7 Å². The van der Waals surface area contributed by atoms with Gasteiger partial charge in [-0.3, -0.25) is 10.2 Å². The highest BCUT2D eigenvalue weighted by Crippen LogP contribution is 2.27. The number of benzene rings is 3. The van der Waals surface area contributed by atoms with Crippen LogP contribution in [0.4, 0.5) is 5.69 Å². The Kier molecular flexibility index (Phi) is 7.44. The van der Waals surface area contributed by atoms with Gasteiger partial charge in [0, 0.05) is 22.5 Å². The third kappa shape index (κ3) is 5.79. The van der Waals surface area contributed by atoms with Crippen molar-refractivity contribution in [3.05, 3.63) is 95.6 Å². The minimum Gasteiger partial charge on any atom is -0.490 e. The molecule has 2 aliphatic rings. The van der Waals surface area contributed by atoms with Gasteiger partial charge in [-0.25, -0.2) is 0 Å². The SMILES string of the molecule is N=C(N)c1ccc2ccc(CN(C(=O)C3=CC=CCC3=S)c3ccc(OC4CCNCC4)cc3)cc2c1. The van der Waals surface area contributed by atoms with Gasteiger partial charge in [0.2, 0.25) is 0 Å². The summed E-state index contributed by atoms with van der Waals surface area (Å²) in [5, 5.41) is 13.1. The second kappa shape index (κ2) is 11.1. The van der Waals surface area contributed by atoms with Crippen LogP contribution in [0.3, 0.4) is 0 Å². The zero-order valence-electron chi connectivity index (χ0n) is 20.6. The number of nitrogen functional groups attached to an aromatic ring is 1. The monoisotopic (exact) mass is 510 g/mol. The molecule has 1 heterocycles. The lowest BCUT2D eigenvalue weighted by atomic mass is 10.0. The van der Waals surface area contributed by atoms with Gasteiger partial charge in [-0.15, -0.1) is 0 Å². The Hall–Kier alpha value is -3.81. The number of thiocarbonyl (C=S) groups is 1. The van der Waals surface area contributed by atoms with E-state index in [-0.39, 0.29) is 17.8 Å². The maximum absolute atomic E-state index is 13.8. The van der Waals surface area contributed by atoms with Crippen LogP contribution in [0, 0.1) is 5.41 Å². The summed E-state index contributed by atoms with van der Waals surface area (Å²) in [5.41, 5.74) is 8.66. The number of fused-ring (bicyclic) bond motifs is 1. The molecule has 188 valence electrons. The van der Waals surface area contributed by atoms with Gasteiger partial charge in [-0.1, -0.05) is 48.6 Å². The lowest BCUT2D eigenvalue weighted by molar-refractivity contribution is -0.114. The molecule has 0 radical (unpaired) electrons. The van der Waals surface area contributed by atoms with E-state index in [9.17, 15) is 4.79 Å². The van der Waals surface area contributed by atoms with Crippen molar-refractivity contribution >= 4 is 45.3 Å². The van der Waals surface area contributed by atoms with Gasteiger partial charge in [0.05, 0.1) is 12.1 Å². The van der Waals surface area contributed by atoms with E-state index in [0.717, 1.165) is 53.7 Å². The molecule has 37 heavy (non-hydrogen) atoms. The molecule has 7 heteroatoms. The van der Waals surface area contributed by atoms with Gasteiger partial charge in [0.15, 0.2) is 0 Å². The summed E-state index contributed by atoms with van der Waals surface area (Å²) in [4.78, 5) is 16.2. The van der Waals surface area contributed by atoms with Gasteiger partial charge < -0.3 is 20.7 Å². The van der Waals surface area contributed by atoms with E-state index in [1.165, 1.54) is 0 Å². The zero-order chi connectivity index (χ0) is 25.8. The molecule has 0 spiro atoms. The maximum Gasteiger partial charge on any atom is 0.259 e. The van der Waals surface area contributed by atoms with Crippen molar-refractivity contribution in [1.82, 2.24) is 5.32 Å². The molecule has 1 aliphatic carbocycles. The molecule has 1 fully saturated rings. The Morgan fingerprint density at radius 1 is 1.05 bits per heavy atom. The van der Waals surface area contributed by atoms with Crippen LogP contribution in [0.1, 0.15) is 30.4 Å². The summed E-state index contributed by atoms with van der Waals surface area (Å²) in [6.45, 7) is 2.31. The van der Waals surface area contributed by atoms with Crippen LogP contribution in [0.2, 0.25) is 0 Å². The first kappa shape index (κ1) is 24.9. The van der Waals surface area contributed by atoms with Gasteiger partial charge in [0.25, 0.3) is 5.91 Å². The van der Waals surface area contributed by atoms with Crippen LogP contribution >= 0.6 is 12.2 Å². The molecule has 0 atom stereocenters. The Balaban J connectivity index is 1.45. The summed E-state index contributed by atoms with van der Waals surface area (Å²) in [7, 11) is 0. The molecule has 1 saturated heterocycles. The fourth-order valence-electron chi connectivity index (χ4n) is 4.71. The first-order valence-corrected chi connectivity index (χ1v) is 13.0. The summed E-state index contributed by atoms with van der Waals surface area (Å²) < 4.78 is 6.17. The zero-order valence-corrected chi connectivity index (χ0v) is 21.4. The Morgan fingerprint density at radius 3 is 2.54 bits per heavy atom. The van der Waals surface area contributed by atoms with E-state index in [4.69, 9.17) is 28.1 Å². The second-order valence-corrected chi connectivity index (χ2v) is 9.89. The molecule has 5 rings (SSSR count). The van der Waals surface area contributed by atoms with Crippen molar-refractivity contribution in [2.45, 2.75) is 31.9 Å². The highest BCUT2D eigenvalue weighted by atomic mass is 32.1. The largest absolute Gasteiger partial charge is 0.490 e. The van der Waals surface area contributed by atoms with Crippen molar-refractivity contribution in [1.29, 1.82) is 5.41 Å². The minimum absolute atomic E-state index is 0.0294. The predicted octanol–water partition coefficient (Wildman–Crippen LogP) is 5.04. The van der Waals surface area contributed by atoms with Crippen LogP contribution in [0.25, 0.3) is 10.8 Å². The highest BCUT2D eigenvalue weighted by Gasteiger charge is 2.24. The summed E-state index contributed by atoms with van der Waals surface area (Å²) in [6.07, 6.45) is 8.42. The number of amidine groups is 1. The number of carbonyl (C=O) groups excluding carboxylic acids is 1. The average Bonchev–Trinajstić information content (AvgIpc) is 2.92. The highest BCUT2D eigenvalue weighted by molar-refractivity contribution is 7.81. The number of rotatable bonds is 7. The van der Waals surface area contributed by atoms with Gasteiger partial charge in [0.1, 0.15) is 17.7 Å². The van der Waals surface area contributed by atoms with Crippen LogP contribution in [0.5, 0.6) is 5.75 Å². The smallest absolute Gasteiger partial charge is 0.259 e. The van der Waals surface area contributed by atoms with Crippen molar-refractivity contribution < 1.29 is 9.53 Å². The Morgan fingerprint density at radius 2 is 1.81 bits per heavy atom. The van der Waals surface area contributed by atoms with Crippen molar-refractivity contribution in [3.63, 3.8) is 0 Å². The van der Waals surface area contributed by atoms with E-state index in [1.54, 1.807) is 11.0 Å². The predicted molar refractivity (Wildman–Crippen MR) is 154 cm³/mol. The number of hydrogen-bond donors (Lipinski definition) is 3. The van der Waals surface area contributed by atoms with Crippen molar-refractivity contribution in [3.8, 4) is 5.75 Å². The molecule has 4 N–H and O–H groups in total. The number of hydrogen-bond acceptors (Lipinski definition) is 5. The van der Waals surface area contributed by atoms with Crippen molar-refractivity contribution in [2.24, 2.45) is 5.73 Å². The lowest BCUT2D eigenvalue weighted by Crippen LogP contribution is -2.34. The van der Waals surface area contributed by atoms with Crippen LogP contribution in [0.15, 0.2) is 84.5 Å². The Labute approximate surface area is 222 Å². The van der Waals surface area contributed by atoms with E-state index in [0.29, 0.717) is 29.0 Å². The third-order valence-electron chi connectivity index (χ3n) is 6.77. The first-order chi connectivity index (χ1) is 18.0. The van der Waals surface area contributed by atoms with E-state index >= 15 is 0 Å². The fraction of sp³-hybridized carbons (Fsp3) is 0.233. The first-order valence-electron chi connectivity index (χ1n) is 12.5. The van der Waals surface area contributed by atoms with Crippen LogP contribution in [-0.4, -0.2) is 35.8 Å². The second-order valence-electron chi connectivity index (χ2n) is 9.40. The molecule has 0 bridgehead atoms. The summed E-state index contributed by atoms with van der Waals surface area (Å²) >= 11 is 5.53. The molecule has 1 aliphatic heterocycles. The number of allylic oxidation sites excluding steroid dienone is 3. The normalized spacial score (nSPS) is 15.9. The number of carbonyl (C=O) groups is 1. The number of amides is 1. The third-order valence-corrected chi connectivity index (χ3v) is 7.16. The van der Waals surface area contributed by atoms with E-state index in [2.05, 4.69) is 5.32 Å². The minimum atomic E-state index is -0.126. The molecular weight excluding hydrogens is 480 g/mol. The number of nitrogens with zero attached hydrogens (tertiary/aromatic N) is 1. The number of piperidine rings is 1. The maximum atomic E-state index is 13.8. The molecule has 0 unspecified atom stereocenters. The number of ether oxygens (including phenoxy) is 1. The molecule has 0 aromatic heterocycles. The molecule has 3 aromatic carbocycles. The summed E-state index contributed by atoms with van der Waals surface area (Å²) in [6, 6.07) is 19.5. The lowest BCUT2D eigenvalue weighted by Gasteiger charge is -2.26. The average molecular weight is 511 g/mol. The molecule has 6 nitrogen and oxygen atoms in total. The van der Waals surface area contributed by atoms with Gasteiger partial charge >= 0.3 is 0 Å². The quantitative estimate of drug-likeness (QED) is 0.235. The fourth-order valence-corrected chi connectivity index (χ4v) is 4.97. The number of nitrogens with one attached hydrogen (secondary N) is 2. The van der Waals surface area contributed by atoms with Crippen LogP contribution < -0.4 is 20.7 Å². The molecule has 1 amide bonds.